The van der Waals surface area contributed by atoms with Crippen molar-refractivity contribution in [2.24, 2.45) is 16.5 Å². The van der Waals surface area contributed by atoms with Crippen LogP contribution in [0, 0.1) is 13.8 Å². The number of alkyl halides is 6. The summed E-state index contributed by atoms with van der Waals surface area (Å²) in [6.45, 7) is 3.18. The quantitative estimate of drug-likeness (QED) is 0.117. The van der Waals surface area contributed by atoms with E-state index in [0.717, 1.165) is 37.8 Å². The van der Waals surface area contributed by atoms with Crippen LogP contribution in [0.3, 0.4) is 0 Å². The molecule has 232 valence electrons. The van der Waals surface area contributed by atoms with Crippen molar-refractivity contribution in [1.82, 2.24) is 0 Å². The molecule has 2 atom stereocenters. The van der Waals surface area contributed by atoms with E-state index in [1.807, 2.05) is 18.2 Å². The Hall–Kier alpha value is -3.60. The topological polar surface area (TPSA) is 98.5 Å². The van der Waals surface area contributed by atoms with Crippen LogP contribution in [0.2, 0.25) is 0 Å². The number of aliphatic imine (C=N–C) groups is 1. The third-order valence-electron chi connectivity index (χ3n) is 7.38. The van der Waals surface area contributed by atoms with Gasteiger partial charge < -0.3 is 11.5 Å². The third kappa shape index (κ3) is 8.72. The smallest absolute Gasteiger partial charge is 0.370 e. The summed E-state index contributed by atoms with van der Waals surface area (Å²) >= 11 is 5.35. The Labute approximate surface area is 250 Å². The number of nitrogens with zero attached hydrogens (tertiary/aromatic N) is 1. The van der Waals surface area contributed by atoms with Gasteiger partial charge in [0, 0.05) is 23.0 Å². The lowest BCUT2D eigenvalue weighted by molar-refractivity contribution is -0.139. The lowest BCUT2D eigenvalue weighted by Gasteiger charge is -2.23. The van der Waals surface area contributed by atoms with E-state index >= 15 is 0 Å². The molecule has 0 saturated carbocycles. The van der Waals surface area contributed by atoms with Crippen molar-refractivity contribution in [3.8, 4) is 0 Å². The summed E-state index contributed by atoms with van der Waals surface area (Å²) in [5.74, 6) is -1.91. The molecule has 2 aliphatic carbocycles. The van der Waals surface area contributed by atoms with Gasteiger partial charge in [-0.25, -0.2) is 0 Å². The van der Waals surface area contributed by atoms with E-state index in [4.69, 9.17) is 23.1 Å². The summed E-state index contributed by atoms with van der Waals surface area (Å²) in [6, 6.07) is 4.59. The number of nitrogens with two attached hydrogens (primary N) is 2. The van der Waals surface area contributed by atoms with Crippen molar-refractivity contribution in [3.63, 3.8) is 0 Å². The van der Waals surface area contributed by atoms with Crippen LogP contribution in [0.1, 0.15) is 104 Å². The first-order valence-corrected chi connectivity index (χ1v) is 14.0. The molecule has 43 heavy (non-hydrogen) atoms. The predicted octanol–water partition coefficient (Wildman–Crippen LogP) is 8.47. The van der Waals surface area contributed by atoms with E-state index in [1.54, 1.807) is 19.9 Å². The van der Waals surface area contributed by atoms with Gasteiger partial charge in [-0.1, -0.05) is 36.4 Å². The van der Waals surface area contributed by atoms with Crippen molar-refractivity contribution in [1.29, 1.82) is 0 Å². The average Bonchev–Trinajstić information content (AvgIpc) is 2.92. The SMILES string of the molecule is Cc1cc(C2C=CCCC2)c(C(F)(F)F)cc1C(=O)Cl.Cc1cc(C2C=CCCC2)c(C(F)(F)F)cc1C(=O)N=C(N)N. The zero-order valence-corrected chi connectivity index (χ0v) is 24.3. The maximum Gasteiger partial charge on any atom is 0.416 e. The maximum absolute atomic E-state index is 13.4. The van der Waals surface area contributed by atoms with Crippen LogP contribution < -0.4 is 11.5 Å². The number of carbonyl (C=O) groups excluding carboxylic acids is 2. The second-order valence-corrected chi connectivity index (χ2v) is 10.9. The highest BCUT2D eigenvalue weighted by molar-refractivity contribution is 6.67. The Morgan fingerprint density at radius 1 is 0.767 bits per heavy atom. The highest BCUT2D eigenvalue weighted by Crippen LogP contribution is 2.41. The Balaban J connectivity index is 0.000000238. The molecule has 0 aromatic heterocycles. The summed E-state index contributed by atoms with van der Waals surface area (Å²) < 4.78 is 79.9. The summed E-state index contributed by atoms with van der Waals surface area (Å²) in [7, 11) is 0. The van der Waals surface area contributed by atoms with Crippen LogP contribution in [0.15, 0.2) is 53.6 Å². The molecule has 4 rings (SSSR count). The van der Waals surface area contributed by atoms with Gasteiger partial charge >= 0.3 is 12.4 Å². The molecule has 0 aliphatic heterocycles. The fourth-order valence-electron chi connectivity index (χ4n) is 5.33. The lowest BCUT2D eigenvalue weighted by atomic mass is 9.84. The van der Waals surface area contributed by atoms with Gasteiger partial charge in [-0.2, -0.15) is 31.3 Å². The Kier molecular flexibility index (Phi) is 10.9. The second-order valence-electron chi connectivity index (χ2n) is 10.6. The number of benzene rings is 2. The van der Waals surface area contributed by atoms with Crippen molar-refractivity contribution in [2.75, 3.05) is 0 Å². The number of amides is 1. The van der Waals surface area contributed by atoms with Crippen molar-refractivity contribution in [2.45, 2.75) is 76.6 Å². The highest BCUT2D eigenvalue weighted by Gasteiger charge is 2.37. The molecule has 2 aliphatic rings. The first kappa shape index (κ1) is 33.9. The molecule has 0 heterocycles. The second kappa shape index (κ2) is 13.8. The standard InChI is InChI=1S/C16H18F3N3O.C15H14ClF3O/c1-9-7-12(10-5-3-2-4-6-10)13(16(17,18)19)8-11(9)14(23)22-15(20)21;1-9-7-12(10-5-3-2-4-6-10)13(15(17,18)19)8-11(9)14(16)20/h3,5,7-8,10H,2,4,6H2,1H3,(H4,20,21,22,23);3,5,7-8,10H,2,4,6H2,1H3. The van der Waals surface area contributed by atoms with E-state index in [1.165, 1.54) is 12.1 Å². The summed E-state index contributed by atoms with van der Waals surface area (Å²) in [4.78, 5) is 26.5. The number of halogens is 7. The van der Waals surface area contributed by atoms with Gasteiger partial charge in [0.1, 0.15) is 0 Å². The molecule has 12 heteroatoms. The summed E-state index contributed by atoms with van der Waals surface area (Å²) in [5, 5.41) is -0.862. The van der Waals surface area contributed by atoms with Gasteiger partial charge in [0.15, 0.2) is 5.96 Å². The molecule has 1 amide bonds. The molecular weight excluding hydrogens is 596 g/mol. The van der Waals surface area contributed by atoms with Gasteiger partial charge in [0.2, 0.25) is 0 Å². The van der Waals surface area contributed by atoms with Gasteiger partial charge in [-0.3, -0.25) is 9.59 Å². The average molecular weight is 628 g/mol. The normalized spacial score (nSPS) is 18.4. The molecule has 5 nitrogen and oxygen atoms in total. The zero-order valence-electron chi connectivity index (χ0n) is 23.6. The van der Waals surface area contributed by atoms with Gasteiger partial charge in [-0.05, 0) is 98.4 Å². The monoisotopic (exact) mass is 627 g/mol. The lowest BCUT2D eigenvalue weighted by Crippen LogP contribution is -2.24. The minimum Gasteiger partial charge on any atom is -0.370 e. The van der Waals surface area contributed by atoms with E-state index in [-0.39, 0.29) is 34.1 Å². The predicted molar refractivity (Wildman–Crippen MR) is 154 cm³/mol. The number of rotatable bonds is 4. The van der Waals surface area contributed by atoms with Gasteiger partial charge in [-0.15, -0.1) is 0 Å². The largest absolute Gasteiger partial charge is 0.416 e. The van der Waals surface area contributed by atoms with Crippen LogP contribution >= 0.6 is 11.6 Å². The number of aryl methyl sites for hydroxylation is 2. The number of carbonyl (C=O) groups is 2. The molecule has 4 N–H and O–H groups in total. The molecule has 2 unspecified atom stereocenters. The van der Waals surface area contributed by atoms with E-state index < -0.39 is 40.6 Å². The maximum atomic E-state index is 13.4. The number of guanidine groups is 1. The van der Waals surface area contributed by atoms with Crippen LogP contribution in [0.4, 0.5) is 26.3 Å². The molecule has 0 saturated heterocycles. The summed E-state index contributed by atoms with van der Waals surface area (Å²) in [5.41, 5.74) is 9.77. The molecule has 0 bridgehead atoms. The fourth-order valence-corrected chi connectivity index (χ4v) is 5.53. The Morgan fingerprint density at radius 2 is 1.19 bits per heavy atom. The van der Waals surface area contributed by atoms with Gasteiger partial charge in [0.05, 0.1) is 11.1 Å². The molecule has 0 fully saturated rings. The molecule has 0 spiro atoms. The zero-order chi connectivity index (χ0) is 32.1. The molecule has 2 aromatic carbocycles. The summed E-state index contributed by atoms with van der Waals surface area (Å²) in [6.07, 6.45) is 3.18. The number of allylic oxidation sites excluding steroid dienone is 4. The van der Waals surface area contributed by atoms with E-state index in [9.17, 15) is 35.9 Å². The third-order valence-corrected chi connectivity index (χ3v) is 7.59. The van der Waals surface area contributed by atoms with E-state index in [2.05, 4.69) is 4.99 Å². The molecule has 0 radical (unpaired) electrons. The minimum absolute atomic E-state index is 0.0810. The minimum atomic E-state index is -4.55. The van der Waals surface area contributed by atoms with Crippen LogP contribution in [0.25, 0.3) is 0 Å². The first-order valence-electron chi connectivity index (χ1n) is 13.6. The Bertz CT molecular complexity index is 1460. The van der Waals surface area contributed by atoms with Crippen molar-refractivity contribution >= 4 is 28.7 Å². The van der Waals surface area contributed by atoms with E-state index in [0.29, 0.717) is 24.0 Å². The van der Waals surface area contributed by atoms with Crippen LogP contribution in [-0.4, -0.2) is 17.1 Å². The first-order chi connectivity index (χ1) is 20.0. The van der Waals surface area contributed by atoms with Crippen molar-refractivity contribution in [3.05, 3.63) is 93.1 Å². The molecule has 2 aromatic rings. The van der Waals surface area contributed by atoms with Crippen LogP contribution in [0.5, 0.6) is 0 Å². The van der Waals surface area contributed by atoms with Crippen LogP contribution in [-0.2, 0) is 12.4 Å². The number of hydrogen-bond donors (Lipinski definition) is 2. The molecular formula is C31H32ClF6N3O2. The fraction of sp³-hybridized carbons (Fsp3) is 0.387. The van der Waals surface area contributed by atoms with Gasteiger partial charge in [0.25, 0.3) is 11.1 Å². The number of hydrogen-bond acceptors (Lipinski definition) is 2. The van der Waals surface area contributed by atoms with Crippen molar-refractivity contribution < 1.29 is 35.9 Å². The highest BCUT2D eigenvalue weighted by atomic mass is 35.5. The Morgan fingerprint density at radius 3 is 1.53 bits per heavy atom.